The van der Waals surface area contributed by atoms with E-state index in [0.717, 1.165) is 17.0 Å². The van der Waals surface area contributed by atoms with Gasteiger partial charge in [-0.3, -0.25) is 0 Å². The SMILES string of the molecule is Nc1ccc2c(c1)O[B]C=C2. The molecule has 0 fully saturated rings. The van der Waals surface area contributed by atoms with E-state index in [-0.39, 0.29) is 0 Å². The van der Waals surface area contributed by atoms with E-state index in [1.807, 2.05) is 30.3 Å². The maximum Gasteiger partial charge on any atom is 0.400 e. The number of rotatable bonds is 0. The summed E-state index contributed by atoms with van der Waals surface area (Å²) in [4.78, 5) is 0. The van der Waals surface area contributed by atoms with Crippen LogP contribution in [-0.4, -0.2) is 7.48 Å². The van der Waals surface area contributed by atoms with Gasteiger partial charge in [-0.15, -0.1) is 0 Å². The average molecular weight is 144 g/mol. The minimum absolute atomic E-state index is 0.729. The lowest BCUT2D eigenvalue weighted by Crippen LogP contribution is -2.04. The van der Waals surface area contributed by atoms with Crippen LogP contribution in [0.15, 0.2) is 24.2 Å². The Morgan fingerprint density at radius 2 is 2.27 bits per heavy atom. The molecule has 1 aliphatic heterocycles. The van der Waals surface area contributed by atoms with E-state index in [4.69, 9.17) is 10.4 Å². The Kier molecular flexibility index (Phi) is 1.35. The predicted octanol–water partition coefficient (Wildman–Crippen LogP) is 1.25. The van der Waals surface area contributed by atoms with Gasteiger partial charge in [-0.1, -0.05) is 12.1 Å². The normalized spacial score (nSPS) is 13.1. The summed E-state index contributed by atoms with van der Waals surface area (Å²) in [6.07, 6.45) is 1.98. The number of benzene rings is 1. The molecule has 0 unspecified atom stereocenters. The number of hydrogen-bond acceptors (Lipinski definition) is 2. The van der Waals surface area contributed by atoms with Crippen molar-refractivity contribution in [2.24, 2.45) is 0 Å². The fraction of sp³-hybridized carbons (Fsp3) is 0. The molecule has 2 nitrogen and oxygen atoms in total. The highest BCUT2D eigenvalue weighted by Crippen LogP contribution is 2.24. The first-order valence-corrected chi connectivity index (χ1v) is 3.42. The van der Waals surface area contributed by atoms with E-state index in [1.54, 1.807) is 7.48 Å². The molecule has 0 saturated carbocycles. The number of nitrogens with two attached hydrogens (primary N) is 1. The third kappa shape index (κ3) is 1.09. The van der Waals surface area contributed by atoms with Gasteiger partial charge in [-0.25, -0.2) is 0 Å². The zero-order valence-electron chi connectivity index (χ0n) is 5.95. The molecule has 0 spiro atoms. The molecule has 0 amide bonds. The van der Waals surface area contributed by atoms with E-state index < -0.39 is 0 Å². The van der Waals surface area contributed by atoms with Gasteiger partial charge in [0.1, 0.15) is 5.75 Å². The first-order chi connectivity index (χ1) is 5.36. The molecule has 53 valence electrons. The fourth-order valence-corrected chi connectivity index (χ4v) is 1.05. The largest absolute Gasteiger partial charge is 0.558 e. The van der Waals surface area contributed by atoms with Gasteiger partial charge in [0, 0.05) is 17.3 Å². The maximum atomic E-state index is 5.56. The summed E-state index contributed by atoms with van der Waals surface area (Å²) >= 11 is 0. The smallest absolute Gasteiger partial charge is 0.400 e. The summed E-state index contributed by atoms with van der Waals surface area (Å²) in [5.41, 5.74) is 7.36. The quantitative estimate of drug-likeness (QED) is 0.439. The van der Waals surface area contributed by atoms with Crippen LogP contribution in [0.25, 0.3) is 6.08 Å². The van der Waals surface area contributed by atoms with Crippen LogP contribution in [0.3, 0.4) is 0 Å². The Hall–Kier alpha value is -1.38. The number of hydrogen-bond donors (Lipinski definition) is 1. The number of anilines is 1. The molecule has 2 N–H and O–H groups in total. The number of fused-ring (bicyclic) bond motifs is 1. The zero-order valence-corrected chi connectivity index (χ0v) is 5.95. The lowest BCUT2D eigenvalue weighted by Gasteiger charge is -2.11. The molecule has 0 bridgehead atoms. The van der Waals surface area contributed by atoms with Crippen molar-refractivity contribution >= 4 is 19.2 Å². The Morgan fingerprint density at radius 3 is 3.18 bits per heavy atom. The van der Waals surface area contributed by atoms with Crippen LogP contribution in [0.1, 0.15) is 5.56 Å². The minimum Gasteiger partial charge on any atom is -0.558 e. The average Bonchev–Trinajstić information content (AvgIpc) is 2.04. The second kappa shape index (κ2) is 2.34. The van der Waals surface area contributed by atoms with E-state index in [1.165, 1.54) is 0 Å². The molecule has 0 aliphatic carbocycles. The fourth-order valence-electron chi connectivity index (χ4n) is 1.05. The van der Waals surface area contributed by atoms with Crippen molar-refractivity contribution in [2.45, 2.75) is 0 Å². The van der Waals surface area contributed by atoms with Crippen LogP contribution in [0.4, 0.5) is 5.69 Å². The summed E-state index contributed by atoms with van der Waals surface area (Å²) in [6, 6.07) is 5.61. The summed E-state index contributed by atoms with van der Waals surface area (Å²) in [7, 11) is 1.64. The minimum atomic E-state index is 0.729. The van der Waals surface area contributed by atoms with Gasteiger partial charge in [0.2, 0.25) is 0 Å². The Labute approximate surface area is 65.9 Å². The maximum absolute atomic E-state index is 5.56. The third-order valence-corrected chi connectivity index (χ3v) is 1.59. The second-order valence-electron chi connectivity index (χ2n) is 2.41. The Morgan fingerprint density at radius 1 is 1.36 bits per heavy atom. The van der Waals surface area contributed by atoms with Crippen LogP contribution in [-0.2, 0) is 0 Å². The van der Waals surface area contributed by atoms with E-state index >= 15 is 0 Å². The van der Waals surface area contributed by atoms with Crippen LogP contribution < -0.4 is 10.4 Å². The highest BCUT2D eigenvalue weighted by molar-refractivity contribution is 6.37. The lowest BCUT2D eigenvalue weighted by molar-refractivity contribution is 0.600. The van der Waals surface area contributed by atoms with Gasteiger partial charge in [-0.2, -0.15) is 0 Å². The molecular weight excluding hydrogens is 137 g/mol. The summed E-state index contributed by atoms with van der Waals surface area (Å²) < 4.78 is 5.21. The Bertz CT molecular complexity index is 309. The van der Waals surface area contributed by atoms with Crippen LogP contribution in [0, 0.1) is 0 Å². The molecule has 2 rings (SSSR count). The molecule has 0 atom stereocenters. The van der Waals surface area contributed by atoms with E-state index in [0.29, 0.717) is 0 Å². The van der Waals surface area contributed by atoms with Crippen molar-refractivity contribution in [1.29, 1.82) is 0 Å². The van der Waals surface area contributed by atoms with Gasteiger partial charge < -0.3 is 10.4 Å². The Balaban J connectivity index is 2.53. The van der Waals surface area contributed by atoms with Crippen molar-refractivity contribution in [3.8, 4) is 5.75 Å². The molecular formula is C8H7BNO. The highest BCUT2D eigenvalue weighted by Gasteiger charge is 2.05. The van der Waals surface area contributed by atoms with Gasteiger partial charge in [0.05, 0.1) is 0 Å². The predicted molar refractivity (Wildman–Crippen MR) is 46.3 cm³/mol. The molecule has 0 aromatic heterocycles. The lowest BCUT2D eigenvalue weighted by atomic mass is 9.95. The first-order valence-electron chi connectivity index (χ1n) is 3.42. The highest BCUT2D eigenvalue weighted by atomic mass is 16.4. The standard InChI is InChI=1S/C8H7BNO/c10-7-2-1-6-3-4-9-11-8(6)5-7/h1-5H,10H2. The van der Waals surface area contributed by atoms with Crippen LogP contribution in [0.2, 0.25) is 0 Å². The van der Waals surface area contributed by atoms with Gasteiger partial charge in [0.25, 0.3) is 0 Å². The monoisotopic (exact) mass is 144 g/mol. The van der Waals surface area contributed by atoms with Gasteiger partial charge in [0.15, 0.2) is 0 Å². The molecule has 1 aliphatic rings. The summed E-state index contributed by atoms with van der Waals surface area (Å²) in [5.74, 6) is 2.69. The zero-order chi connectivity index (χ0) is 7.68. The van der Waals surface area contributed by atoms with Crippen molar-refractivity contribution in [2.75, 3.05) is 5.73 Å². The number of nitrogen functional groups attached to an aromatic ring is 1. The van der Waals surface area contributed by atoms with Crippen molar-refractivity contribution in [1.82, 2.24) is 0 Å². The molecule has 1 heterocycles. The second-order valence-corrected chi connectivity index (χ2v) is 2.41. The molecule has 11 heavy (non-hydrogen) atoms. The van der Waals surface area contributed by atoms with Crippen LogP contribution >= 0.6 is 0 Å². The first kappa shape index (κ1) is 6.34. The van der Waals surface area contributed by atoms with E-state index in [9.17, 15) is 0 Å². The molecule has 1 aromatic carbocycles. The summed E-state index contributed by atoms with van der Waals surface area (Å²) in [6.45, 7) is 0. The third-order valence-electron chi connectivity index (χ3n) is 1.59. The van der Waals surface area contributed by atoms with Crippen molar-refractivity contribution < 1.29 is 4.65 Å². The molecule has 1 aromatic rings. The topological polar surface area (TPSA) is 35.2 Å². The molecule has 0 saturated heterocycles. The van der Waals surface area contributed by atoms with Crippen molar-refractivity contribution in [3.05, 3.63) is 29.7 Å². The molecule has 3 heteroatoms. The van der Waals surface area contributed by atoms with Gasteiger partial charge in [-0.05, 0) is 12.1 Å². The van der Waals surface area contributed by atoms with Gasteiger partial charge >= 0.3 is 7.48 Å². The van der Waals surface area contributed by atoms with Crippen LogP contribution in [0.5, 0.6) is 5.75 Å². The van der Waals surface area contributed by atoms with Crippen molar-refractivity contribution in [3.63, 3.8) is 0 Å². The van der Waals surface area contributed by atoms with E-state index in [2.05, 4.69) is 0 Å². The summed E-state index contributed by atoms with van der Waals surface area (Å²) in [5, 5.41) is 0. The molecule has 1 radical (unpaired) electrons.